The minimum Gasteiger partial charge on any atom is -0.359 e. The second kappa shape index (κ2) is 7.74. The van der Waals surface area contributed by atoms with Gasteiger partial charge in [-0.1, -0.05) is 30.3 Å². The van der Waals surface area contributed by atoms with Crippen LogP contribution >= 0.6 is 0 Å². The lowest BCUT2D eigenvalue weighted by Crippen LogP contribution is -2.38. The molecule has 0 radical (unpaired) electrons. The first kappa shape index (κ1) is 18.8. The first-order valence-corrected chi connectivity index (χ1v) is 9.15. The fourth-order valence-corrected chi connectivity index (χ4v) is 3.35. The molecule has 0 spiro atoms. The van der Waals surface area contributed by atoms with E-state index in [4.69, 9.17) is 0 Å². The van der Waals surface area contributed by atoms with E-state index in [9.17, 15) is 14.4 Å². The van der Waals surface area contributed by atoms with Crippen molar-refractivity contribution in [2.24, 2.45) is 0 Å². The number of carbonyl (C=O) groups excluding carboxylic acids is 3. The summed E-state index contributed by atoms with van der Waals surface area (Å²) in [6.45, 7) is 1.85. The van der Waals surface area contributed by atoms with Crippen molar-refractivity contribution in [3.8, 4) is 11.1 Å². The lowest BCUT2D eigenvalue weighted by molar-refractivity contribution is -0.121. The van der Waals surface area contributed by atoms with E-state index in [2.05, 4.69) is 11.4 Å². The van der Waals surface area contributed by atoms with E-state index in [1.807, 2.05) is 31.2 Å². The molecule has 2 aromatic carbocycles. The molecule has 0 unspecified atom stereocenters. The second-order valence-corrected chi connectivity index (χ2v) is 7.01. The zero-order valence-electron chi connectivity index (χ0n) is 15.9. The van der Waals surface area contributed by atoms with Crippen LogP contribution in [-0.4, -0.2) is 42.6 Å². The molecular formula is C22H24N2O3. The van der Waals surface area contributed by atoms with Gasteiger partial charge in [-0.05, 0) is 42.2 Å². The molecule has 0 aromatic heterocycles. The molecule has 0 saturated carbocycles. The predicted molar refractivity (Wildman–Crippen MR) is 105 cm³/mol. The lowest BCUT2D eigenvalue weighted by Gasteiger charge is -2.24. The Morgan fingerprint density at radius 1 is 1.07 bits per heavy atom. The smallest absolute Gasteiger partial charge is 0.253 e. The van der Waals surface area contributed by atoms with E-state index in [1.54, 1.807) is 31.1 Å². The van der Waals surface area contributed by atoms with E-state index >= 15 is 0 Å². The van der Waals surface area contributed by atoms with E-state index in [0.29, 0.717) is 12.0 Å². The summed E-state index contributed by atoms with van der Waals surface area (Å²) in [4.78, 5) is 37.5. The maximum Gasteiger partial charge on any atom is 0.253 e. The fraction of sp³-hybridized carbons (Fsp3) is 0.318. The van der Waals surface area contributed by atoms with Crippen LogP contribution < -0.4 is 5.32 Å². The number of nitrogens with zero attached hydrogens (tertiary/aromatic N) is 1. The Hall–Kier alpha value is -2.95. The Morgan fingerprint density at radius 2 is 1.74 bits per heavy atom. The standard InChI is InChI=1S/C22H24N2O3/c1-14(12-21(26)23-2)24(3)22(27)16-6-4-15(5-7-16)17-8-10-19-18(13-17)9-11-20(19)25/h4-8,10,13-14H,9,11-12H2,1-3H3,(H,23,26)/t14-/m0/s1. The van der Waals surface area contributed by atoms with Crippen molar-refractivity contribution in [3.63, 3.8) is 0 Å². The summed E-state index contributed by atoms with van der Waals surface area (Å²) in [6.07, 6.45) is 1.66. The Balaban J connectivity index is 1.74. The van der Waals surface area contributed by atoms with Gasteiger partial charge < -0.3 is 10.2 Å². The number of ketones is 1. The third-order valence-corrected chi connectivity index (χ3v) is 5.23. The van der Waals surface area contributed by atoms with Gasteiger partial charge in [0.15, 0.2) is 5.78 Å². The van der Waals surface area contributed by atoms with Crippen molar-refractivity contribution < 1.29 is 14.4 Å². The highest BCUT2D eigenvalue weighted by Crippen LogP contribution is 2.28. The maximum absolute atomic E-state index is 12.6. The average molecular weight is 364 g/mol. The van der Waals surface area contributed by atoms with Crippen LogP contribution in [-0.2, 0) is 11.2 Å². The van der Waals surface area contributed by atoms with Gasteiger partial charge in [-0.3, -0.25) is 14.4 Å². The molecule has 5 heteroatoms. The van der Waals surface area contributed by atoms with Gasteiger partial charge in [0.05, 0.1) is 0 Å². The fourth-order valence-electron chi connectivity index (χ4n) is 3.35. The van der Waals surface area contributed by atoms with Crippen LogP contribution in [0, 0.1) is 0 Å². The van der Waals surface area contributed by atoms with Gasteiger partial charge in [0.25, 0.3) is 5.91 Å². The molecule has 1 aliphatic rings. The molecule has 0 saturated heterocycles. The van der Waals surface area contributed by atoms with Crippen LogP contribution in [0.4, 0.5) is 0 Å². The monoisotopic (exact) mass is 364 g/mol. The third-order valence-electron chi connectivity index (χ3n) is 5.23. The van der Waals surface area contributed by atoms with Gasteiger partial charge in [0.2, 0.25) is 5.91 Å². The van der Waals surface area contributed by atoms with Crippen molar-refractivity contribution >= 4 is 17.6 Å². The lowest BCUT2D eigenvalue weighted by atomic mass is 9.99. The molecular weight excluding hydrogens is 340 g/mol. The van der Waals surface area contributed by atoms with Gasteiger partial charge in [-0.15, -0.1) is 0 Å². The number of nitrogens with one attached hydrogen (secondary N) is 1. The summed E-state index contributed by atoms with van der Waals surface area (Å²) in [5, 5.41) is 2.58. The molecule has 3 rings (SSSR count). The number of aryl methyl sites for hydroxylation is 1. The van der Waals surface area contributed by atoms with E-state index in [0.717, 1.165) is 28.7 Å². The van der Waals surface area contributed by atoms with Crippen molar-refractivity contribution in [1.82, 2.24) is 10.2 Å². The summed E-state index contributed by atoms with van der Waals surface area (Å²) < 4.78 is 0. The van der Waals surface area contributed by atoms with Crippen molar-refractivity contribution in [3.05, 3.63) is 59.2 Å². The quantitative estimate of drug-likeness (QED) is 0.887. The number of benzene rings is 2. The molecule has 1 N–H and O–H groups in total. The first-order chi connectivity index (χ1) is 12.9. The van der Waals surface area contributed by atoms with Crippen LogP contribution in [0.15, 0.2) is 42.5 Å². The molecule has 5 nitrogen and oxygen atoms in total. The van der Waals surface area contributed by atoms with E-state index in [1.165, 1.54) is 0 Å². The van der Waals surface area contributed by atoms with Crippen LogP contribution in [0.3, 0.4) is 0 Å². The minimum atomic E-state index is -0.189. The van der Waals surface area contributed by atoms with Crippen LogP contribution in [0.2, 0.25) is 0 Å². The molecule has 2 amide bonds. The molecule has 0 aliphatic heterocycles. The van der Waals surface area contributed by atoms with Crippen molar-refractivity contribution in [2.75, 3.05) is 14.1 Å². The second-order valence-electron chi connectivity index (χ2n) is 7.01. The average Bonchev–Trinajstić information content (AvgIpc) is 3.07. The number of fused-ring (bicyclic) bond motifs is 1. The van der Waals surface area contributed by atoms with Gasteiger partial charge >= 0.3 is 0 Å². The highest BCUT2D eigenvalue weighted by molar-refractivity contribution is 6.01. The zero-order valence-corrected chi connectivity index (χ0v) is 15.9. The highest BCUT2D eigenvalue weighted by Gasteiger charge is 2.21. The summed E-state index contributed by atoms with van der Waals surface area (Å²) in [5.74, 6) is 0.0106. The molecule has 27 heavy (non-hydrogen) atoms. The Labute approximate surface area is 159 Å². The molecule has 0 fully saturated rings. The first-order valence-electron chi connectivity index (χ1n) is 9.15. The molecule has 2 aromatic rings. The summed E-state index contributed by atoms with van der Waals surface area (Å²) >= 11 is 0. The predicted octanol–water partition coefficient (Wildman–Crippen LogP) is 3.08. The van der Waals surface area contributed by atoms with Crippen LogP contribution in [0.1, 0.15) is 46.0 Å². The summed E-state index contributed by atoms with van der Waals surface area (Å²) in [6, 6.07) is 13.2. The number of carbonyl (C=O) groups is 3. The number of hydrogen-bond donors (Lipinski definition) is 1. The number of rotatable bonds is 5. The third kappa shape index (κ3) is 3.92. The van der Waals surface area contributed by atoms with Gasteiger partial charge in [-0.25, -0.2) is 0 Å². The number of amides is 2. The van der Waals surface area contributed by atoms with Crippen molar-refractivity contribution in [1.29, 1.82) is 0 Å². The van der Waals surface area contributed by atoms with Gasteiger partial charge in [0, 0.05) is 44.1 Å². The molecule has 1 atom stereocenters. The van der Waals surface area contributed by atoms with Crippen LogP contribution in [0.5, 0.6) is 0 Å². The maximum atomic E-state index is 12.6. The Morgan fingerprint density at radius 3 is 2.41 bits per heavy atom. The van der Waals surface area contributed by atoms with Gasteiger partial charge in [-0.2, -0.15) is 0 Å². The largest absolute Gasteiger partial charge is 0.359 e. The summed E-state index contributed by atoms with van der Waals surface area (Å²) in [5.41, 5.74) is 4.57. The van der Waals surface area contributed by atoms with Gasteiger partial charge in [0.1, 0.15) is 0 Å². The molecule has 0 bridgehead atoms. The van der Waals surface area contributed by atoms with E-state index in [-0.39, 0.29) is 30.1 Å². The summed E-state index contributed by atoms with van der Waals surface area (Å²) in [7, 11) is 3.30. The Bertz CT molecular complexity index is 887. The molecule has 0 heterocycles. The number of hydrogen-bond acceptors (Lipinski definition) is 3. The molecule has 140 valence electrons. The van der Waals surface area contributed by atoms with Crippen molar-refractivity contribution in [2.45, 2.75) is 32.2 Å². The number of Topliss-reactive ketones (excluding diaryl/α,β-unsaturated/α-hetero) is 1. The minimum absolute atomic E-state index is 0.0902. The normalized spacial score (nSPS) is 13.8. The highest BCUT2D eigenvalue weighted by atomic mass is 16.2. The molecule has 1 aliphatic carbocycles. The van der Waals surface area contributed by atoms with E-state index < -0.39 is 0 Å². The van der Waals surface area contributed by atoms with Crippen LogP contribution in [0.25, 0.3) is 11.1 Å². The topological polar surface area (TPSA) is 66.5 Å². The zero-order chi connectivity index (χ0) is 19.6. The SMILES string of the molecule is CNC(=O)C[C@H](C)N(C)C(=O)c1ccc(-c2ccc3c(c2)CCC3=O)cc1. The Kier molecular flexibility index (Phi) is 5.40.